The van der Waals surface area contributed by atoms with E-state index in [1.165, 1.54) is 12.1 Å². The second kappa shape index (κ2) is 12.4. The summed E-state index contributed by atoms with van der Waals surface area (Å²) in [5, 5.41) is 17.3. The lowest BCUT2D eigenvalue weighted by atomic mass is 10.0. The lowest BCUT2D eigenvalue weighted by molar-refractivity contribution is -0.274. The molecule has 12 heteroatoms. The summed E-state index contributed by atoms with van der Waals surface area (Å²) in [6, 6.07) is 21.6. The Kier molecular flexibility index (Phi) is 8.80. The third-order valence-electron chi connectivity index (χ3n) is 5.60. The van der Waals surface area contributed by atoms with E-state index < -0.39 is 18.0 Å². The first-order valence-corrected chi connectivity index (χ1v) is 12.5. The van der Waals surface area contributed by atoms with Gasteiger partial charge in [0, 0.05) is 17.3 Å². The van der Waals surface area contributed by atoms with Crippen molar-refractivity contribution in [2.45, 2.75) is 26.1 Å². The van der Waals surface area contributed by atoms with E-state index in [9.17, 15) is 18.0 Å². The topological polar surface area (TPSA) is 103 Å². The number of ether oxygens (including phenoxy) is 1. The van der Waals surface area contributed by atoms with Crippen LogP contribution in [-0.4, -0.2) is 33.8 Å². The minimum atomic E-state index is -4.80. The number of thiocarbonyl (C=S) groups is 1. The Labute approximate surface area is 233 Å². The van der Waals surface area contributed by atoms with Crippen LogP contribution < -0.4 is 20.8 Å². The van der Waals surface area contributed by atoms with Gasteiger partial charge in [-0.05, 0) is 65.2 Å². The Morgan fingerprint density at radius 2 is 1.73 bits per heavy atom. The maximum Gasteiger partial charge on any atom is 0.573 e. The number of nitrogens with zero attached hydrogens (tertiary/aromatic N) is 2. The number of hydrogen-bond acceptors (Lipinski definition) is 5. The van der Waals surface area contributed by atoms with E-state index in [0.717, 1.165) is 34.5 Å². The lowest BCUT2D eigenvalue weighted by Crippen LogP contribution is -2.24. The van der Waals surface area contributed by atoms with E-state index in [2.05, 4.69) is 56.0 Å². The van der Waals surface area contributed by atoms with E-state index in [0.29, 0.717) is 16.7 Å². The highest BCUT2D eigenvalue weighted by Crippen LogP contribution is 2.25. The molecule has 0 saturated carbocycles. The maximum absolute atomic E-state index is 12.4. The highest BCUT2D eigenvalue weighted by Gasteiger charge is 2.31. The number of halogens is 3. The summed E-state index contributed by atoms with van der Waals surface area (Å²) in [5.41, 5.74) is 7.34. The molecule has 0 radical (unpaired) electrons. The number of carbonyl (C=O) groups is 1. The van der Waals surface area contributed by atoms with Gasteiger partial charge in [-0.1, -0.05) is 56.3 Å². The van der Waals surface area contributed by atoms with Crippen LogP contribution in [0.25, 0.3) is 11.3 Å². The Morgan fingerprint density at radius 1 is 1.02 bits per heavy atom. The van der Waals surface area contributed by atoms with Crippen molar-refractivity contribution >= 4 is 41.0 Å². The fraction of sp³-hybridized carbons (Fsp3) is 0.143. The van der Waals surface area contributed by atoms with Crippen LogP contribution in [0.1, 0.15) is 41.3 Å². The number of benzene rings is 3. The zero-order valence-corrected chi connectivity index (χ0v) is 22.2. The Balaban J connectivity index is 1.30. The average Bonchev–Trinajstić information content (AvgIpc) is 3.37. The van der Waals surface area contributed by atoms with Crippen LogP contribution in [0, 0.1) is 0 Å². The Bertz CT molecular complexity index is 1500. The summed E-state index contributed by atoms with van der Waals surface area (Å²) in [6.45, 7) is 4.23. The predicted octanol–water partition coefficient (Wildman–Crippen LogP) is 6.67. The van der Waals surface area contributed by atoms with E-state index >= 15 is 0 Å². The quantitative estimate of drug-likeness (QED) is 0.108. The molecule has 4 aromatic rings. The standard InChI is InChI=1S/C28H25F3N6O2S/c1-17(2)22-5-3-4-6-23(22)33-27(40)37-32-16-18-7-9-19(10-8-18)24-15-25(36-35-24)34-26(38)20-11-13-21(14-12-20)39-28(29,30)31/h3-17H,1-2H3,(H2,33,37,40)(H2,34,35,36,38)/b32-16+. The normalized spacial score (nSPS) is 11.4. The number of aromatic amines is 1. The molecule has 0 unspecified atom stereocenters. The van der Waals surface area contributed by atoms with E-state index in [4.69, 9.17) is 12.2 Å². The third-order valence-corrected chi connectivity index (χ3v) is 5.80. The molecule has 1 aromatic heterocycles. The minimum absolute atomic E-state index is 0.148. The SMILES string of the molecule is CC(C)c1ccccc1NC(=S)N/N=C/c1ccc(-c2cc(NC(=O)c3ccc(OC(F)(F)F)cc3)n[nH]2)cc1. The van der Waals surface area contributed by atoms with Crippen LogP contribution in [0.15, 0.2) is 84.0 Å². The summed E-state index contributed by atoms with van der Waals surface area (Å²) in [5.74, 6) is -0.346. The van der Waals surface area contributed by atoms with Gasteiger partial charge < -0.3 is 15.4 Å². The van der Waals surface area contributed by atoms with Crippen molar-refractivity contribution in [1.29, 1.82) is 0 Å². The van der Waals surface area contributed by atoms with Gasteiger partial charge in [0.2, 0.25) is 0 Å². The molecule has 0 aliphatic heterocycles. The van der Waals surface area contributed by atoms with Gasteiger partial charge >= 0.3 is 6.36 Å². The molecule has 3 aromatic carbocycles. The van der Waals surface area contributed by atoms with Gasteiger partial charge in [-0.2, -0.15) is 10.2 Å². The van der Waals surface area contributed by atoms with Crippen molar-refractivity contribution in [3.8, 4) is 17.0 Å². The number of rotatable bonds is 8. The number of hydrogen-bond donors (Lipinski definition) is 4. The lowest BCUT2D eigenvalue weighted by Gasteiger charge is -2.14. The summed E-state index contributed by atoms with van der Waals surface area (Å²) in [7, 11) is 0. The monoisotopic (exact) mass is 566 g/mol. The van der Waals surface area contributed by atoms with E-state index in [1.54, 1.807) is 12.3 Å². The van der Waals surface area contributed by atoms with Crippen LogP contribution in [0.4, 0.5) is 24.7 Å². The summed E-state index contributed by atoms with van der Waals surface area (Å²) in [4.78, 5) is 12.4. The number of anilines is 2. The second-order valence-corrected chi connectivity index (χ2v) is 9.29. The number of aromatic nitrogens is 2. The first-order chi connectivity index (χ1) is 19.1. The molecule has 4 N–H and O–H groups in total. The second-order valence-electron chi connectivity index (χ2n) is 8.88. The molecule has 0 aliphatic rings. The molecule has 0 atom stereocenters. The zero-order valence-electron chi connectivity index (χ0n) is 21.4. The van der Waals surface area contributed by atoms with Crippen molar-refractivity contribution in [2.75, 3.05) is 10.6 Å². The smallest absolute Gasteiger partial charge is 0.406 e. The van der Waals surface area contributed by atoms with Crippen LogP contribution >= 0.6 is 12.2 Å². The molecule has 206 valence electrons. The zero-order chi connectivity index (χ0) is 28.7. The number of para-hydroxylation sites is 1. The number of hydrazone groups is 1. The van der Waals surface area contributed by atoms with Gasteiger partial charge in [-0.25, -0.2) is 0 Å². The van der Waals surface area contributed by atoms with Crippen molar-refractivity contribution in [1.82, 2.24) is 15.6 Å². The summed E-state index contributed by atoms with van der Waals surface area (Å²) < 4.78 is 40.7. The highest BCUT2D eigenvalue weighted by molar-refractivity contribution is 7.80. The van der Waals surface area contributed by atoms with Gasteiger partial charge in [0.1, 0.15) is 5.75 Å². The molecular weight excluding hydrogens is 541 g/mol. The van der Waals surface area contributed by atoms with Gasteiger partial charge in [-0.3, -0.25) is 15.3 Å². The largest absolute Gasteiger partial charge is 0.573 e. The number of carbonyl (C=O) groups excluding carboxylic acids is 1. The molecule has 1 heterocycles. The Hall–Kier alpha value is -4.71. The van der Waals surface area contributed by atoms with Gasteiger partial charge in [0.05, 0.1) is 11.9 Å². The number of alkyl halides is 3. The van der Waals surface area contributed by atoms with Crippen LogP contribution in [-0.2, 0) is 0 Å². The number of H-pyrrole nitrogens is 1. The number of nitrogens with one attached hydrogen (secondary N) is 4. The fourth-order valence-electron chi connectivity index (χ4n) is 3.71. The molecule has 0 saturated heterocycles. The van der Waals surface area contributed by atoms with Crippen LogP contribution in [0.3, 0.4) is 0 Å². The molecule has 0 bridgehead atoms. The van der Waals surface area contributed by atoms with Crippen molar-refractivity contribution in [3.05, 3.63) is 95.6 Å². The minimum Gasteiger partial charge on any atom is -0.406 e. The van der Waals surface area contributed by atoms with Crippen LogP contribution in [0.5, 0.6) is 5.75 Å². The predicted molar refractivity (Wildman–Crippen MR) is 153 cm³/mol. The van der Waals surface area contributed by atoms with E-state index in [1.807, 2.05) is 42.5 Å². The van der Waals surface area contributed by atoms with Crippen molar-refractivity contribution in [2.24, 2.45) is 5.10 Å². The molecule has 0 fully saturated rings. The molecule has 40 heavy (non-hydrogen) atoms. The van der Waals surface area contributed by atoms with Crippen molar-refractivity contribution in [3.63, 3.8) is 0 Å². The summed E-state index contributed by atoms with van der Waals surface area (Å²) >= 11 is 5.35. The maximum atomic E-state index is 12.4. The molecule has 0 spiro atoms. The molecule has 4 rings (SSSR count). The fourth-order valence-corrected chi connectivity index (χ4v) is 3.87. The van der Waals surface area contributed by atoms with Gasteiger partial charge in [0.15, 0.2) is 10.9 Å². The van der Waals surface area contributed by atoms with Crippen molar-refractivity contribution < 1.29 is 22.7 Å². The highest BCUT2D eigenvalue weighted by atomic mass is 32.1. The van der Waals surface area contributed by atoms with Crippen LogP contribution in [0.2, 0.25) is 0 Å². The first-order valence-electron chi connectivity index (χ1n) is 12.1. The molecule has 8 nitrogen and oxygen atoms in total. The van der Waals surface area contributed by atoms with E-state index in [-0.39, 0.29) is 11.4 Å². The Morgan fingerprint density at radius 3 is 2.40 bits per heavy atom. The molecule has 1 amide bonds. The van der Waals surface area contributed by atoms with Gasteiger partial charge in [-0.15, -0.1) is 13.2 Å². The van der Waals surface area contributed by atoms with Gasteiger partial charge in [0.25, 0.3) is 5.91 Å². The molecule has 0 aliphatic carbocycles. The first kappa shape index (κ1) is 28.3. The third kappa shape index (κ3) is 7.90. The average molecular weight is 567 g/mol. The number of amides is 1. The molecular formula is C28H25F3N6O2S. The summed E-state index contributed by atoms with van der Waals surface area (Å²) in [6.07, 6.45) is -3.17.